The van der Waals surface area contributed by atoms with Crippen LogP contribution in [0.1, 0.15) is 35.9 Å². The van der Waals surface area contributed by atoms with Crippen molar-refractivity contribution in [1.29, 1.82) is 0 Å². The maximum absolute atomic E-state index is 12.6. The van der Waals surface area contributed by atoms with Gasteiger partial charge in [0.05, 0.1) is 6.10 Å². The zero-order valence-electron chi connectivity index (χ0n) is 12.2. The molecule has 3 rings (SSSR count). The number of aromatic nitrogens is 2. The van der Waals surface area contributed by atoms with Crippen LogP contribution in [0.15, 0.2) is 29.6 Å². The first-order valence-corrected chi connectivity index (χ1v) is 8.22. The fraction of sp³-hybridized carbons (Fsp3) is 0.467. The molecule has 23 heavy (non-hydrogen) atoms. The molecule has 1 aliphatic heterocycles. The van der Waals surface area contributed by atoms with Crippen LogP contribution in [0.3, 0.4) is 0 Å². The Labute approximate surface area is 135 Å². The Morgan fingerprint density at radius 3 is 2.74 bits per heavy atom. The van der Waals surface area contributed by atoms with Gasteiger partial charge in [0.2, 0.25) is 0 Å². The van der Waals surface area contributed by atoms with Gasteiger partial charge in [0.1, 0.15) is 0 Å². The number of thiophene rings is 1. The highest BCUT2D eigenvalue weighted by Gasteiger charge is 2.34. The molecule has 3 heterocycles. The number of nitrogens with zero attached hydrogens (tertiary/aromatic N) is 3. The van der Waals surface area contributed by atoms with Crippen LogP contribution < -0.4 is 4.90 Å². The summed E-state index contributed by atoms with van der Waals surface area (Å²) < 4.78 is 37.7. The summed E-state index contributed by atoms with van der Waals surface area (Å²) >= 11 is 1.49. The van der Waals surface area contributed by atoms with Crippen molar-refractivity contribution >= 4 is 17.2 Å². The molecule has 1 aliphatic rings. The van der Waals surface area contributed by atoms with Crippen molar-refractivity contribution in [2.75, 3.05) is 11.4 Å². The predicted octanol–water partition coefficient (Wildman–Crippen LogP) is 3.65. The Kier molecular flexibility index (Phi) is 4.54. The number of aliphatic hydroxyl groups is 1. The smallest absolute Gasteiger partial charge is 0.387 e. The van der Waals surface area contributed by atoms with Crippen LogP contribution in [0.2, 0.25) is 0 Å². The van der Waals surface area contributed by atoms with Crippen molar-refractivity contribution in [3.8, 4) is 0 Å². The van der Waals surface area contributed by atoms with Crippen molar-refractivity contribution in [2.24, 2.45) is 0 Å². The standard InChI is InChI=1S/C15H16F3N3OS/c16-15(17,18)13-5-6-14(20-19-13)21-7-1-3-10(21)9-11(22)12-4-2-8-23-12/h2,4-6,8,10-11,22H,1,3,7,9H2. The molecule has 0 radical (unpaired) electrons. The van der Waals surface area contributed by atoms with Gasteiger partial charge in [-0.3, -0.25) is 0 Å². The van der Waals surface area contributed by atoms with Crippen molar-refractivity contribution in [3.05, 3.63) is 40.2 Å². The highest BCUT2D eigenvalue weighted by atomic mass is 32.1. The van der Waals surface area contributed by atoms with E-state index in [9.17, 15) is 18.3 Å². The number of halogens is 3. The second kappa shape index (κ2) is 6.45. The highest BCUT2D eigenvalue weighted by molar-refractivity contribution is 7.10. The Hall–Kier alpha value is -1.67. The van der Waals surface area contributed by atoms with E-state index in [0.717, 1.165) is 23.8 Å². The fourth-order valence-electron chi connectivity index (χ4n) is 2.87. The minimum atomic E-state index is -4.48. The number of rotatable bonds is 4. The Morgan fingerprint density at radius 1 is 1.30 bits per heavy atom. The van der Waals surface area contributed by atoms with Gasteiger partial charge in [0, 0.05) is 17.5 Å². The Morgan fingerprint density at radius 2 is 2.13 bits per heavy atom. The maximum Gasteiger partial charge on any atom is 0.435 e. The van der Waals surface area contributed by atoms with Gasteiger partial charge >= 0.3 is 6.18 Å². The van der Waals surface area contributed by atoms with Crippen LogP contribution in [0, 0.1) is 0 Å². The van der Waals surface area contributed by atoms with Gasteiger partial charge in [-0.15, -0.1) is 21.5 Å². The third-order valence-electron chi connectivity index (χ3n) is 3.98. The minimum absolute atomic E-state index is 0.0538. The van der Waals surface area contributed by atoms with E-state index in [-0.39, 0.29) is 6.04 Å². The first-order valence-electron chi connectivity index (χ1n) is 7.34. The summed E-state index contributed by atoms with van der Waals surface area (Å²) in [7, 11) is 0. The Bertz CT molecular complexity index is 630. The van der Waals surface area contributed by atoms with Crippen LogP contribution >= 0.6 is 11.3 Å². The molecule has 0 aromatic carbocycles. The third kappa shape index (κ3) is 3.64. The van der Waals surface area contributed by atoms with E-state index in [4.69, 9.17) is 0 Å². The molecule has 1 fully saturated rings. The van der Waals surface area contributed by atoms with E-state index < -0.39 is 18.0 Å². The lowest BCUT2D eigenvalue weighted by Crippen LogP contribution is -2.31. The van der Waals surface area contributed by atoms with E-state index in [1.54, 1.807) is 0 Å². The van der Waals surface area contributed by atoms with E-state index in [1.807, 2.05) is 22.4 Å². The summed E-state index contributed by atoms with van der Waals surface area (Å²) in [5.41, 5.74) is -0.990. The van der Waals surface area contributed by atoms with Gasteiger partial charge in [-0.25, -0.2) is 0 Å². The topological polar surface area (TPSA) is 49.2 Å². The number of hydrogen-bond donors (Lipinski definition) is 1. The number of aliphatic hydroxyl groups excluding tert-OH is 1. The average Bonchev–Trinajstić information content (AvgIpc) is 3.18. The monoisotopic (exact) mass is 343 g/mol. The summed E-state index contributed by atoms with van der Waals surface area (Å²) in [4.78, 5) is 2.83. The molecular formula is C15H16F3N3OS. The van der Waals surface area contributed by atoms with Gasteiger partial charge in [-0.1, -0.05) is 6.07 Å². The second-order valence-electron chi connectivity index (χ2n) is 5.53. The molecule has 0 amide bonds. The van der Waals surface area contributed by atoms with E-state index in [1.165, 1.54) is 17.4 Å². The predicted molar refractivity (Wildman–Crippen MR) is 81.3 cm³/mol. The molecule has 2 atom stereocenters. The lowest BCUT2D eigenvalue weighted by molar-refractivity contribution is -0.141. The molecule has 0 bridgehead atoms. The number of hydrogen-bond acceptors (Lipinski definition) is 5. The first kappa shape index (κ1) is 16.2. The van der Waals surface area contributed by atoms with Gasteiger partial charge in [-0.2, -0.15) is 13.2 Å². The lowest BCUT2D eigenvalue weighted by atomic mass is 10.1. The van der Waals surface area contributed by atoms with Gasteiger partial charge in [0.15, 0.2) is 11.5 Å². The van der Waals surface area contributed by atoms with Crippen LogP contribution in [-0.2, 0) is 6.18 Å². The maximum atomic E-state index is 12.6. The SMILES string of the molecule is OC(CC1CCCN1c1ccc(C(F)(F)F)nn1)c1cccs1. The quantitative estimate of drug-likeness (QED) is 0.921. The molecule has 1 saturated heterocycles. The summed E-state index contributed by atoms with van der Waals surface area (Å²) in [5.74, 6) is 0.430. The van der Waals surface area contributed by atoms with Crippen molar-refractivity contribution < 1.29 is 18.3 Å². The molecule has 2 aromatic heterocycles. The zero-order valence-corrected chi connectivity index (χ0v) is 13.0. The van der Waals surface area contributed by atoms with Crippen molar-refractivity contribution in [1.82, 2.24) is 10.2 Å². The van der Waals surface area contributed by atoms with Crippen LogP contribution in [0.25, 0.3) is 0 Å². The van der Waals surface area contributed by atoms with E-state index in [2.05, 4.69) is 10.2 Å². The fourth-order valence-corrected chi connectivity index (χ4v) is 3.59. The molecule has 0 aliphatic carbocycles. The molecule has 1 N–H and O–H groups in total. The third-order valence-corrected chi connectivity index (χ3v) is 4.95. The van der Waals surface area contributed by atoms with Gasteiger partial charge in [0.25, 0.3) is 0 Å². The van der Waals surface area contributed by atoms with E-state index >= 15 is 0 Å². The zero-order chi connectivity index (χ0) is 16.4. The van der Waals surface area contributed by atoms with Gasteiger partial charge in [-0.05, 0) is 42.8 Å². The van der Waals surface area contributed by atoms with Crippen molar-refractivity contribution in [2.45, 2.75) is 37.6 Å². The summed E-state index contributed by atoms with van der Waals surface area (Å²) in [6, 6.07) is 6.13. The lowest BCUT2D eigenvalue weighted by Gasteiger charge is -2.27. The van der Waals surface area contributed by atoms with Crippen LogP contribution in [-0.4, -0.2) is 27.9 Å². The number of anilines is 1. The molecular weight excluding hydrogens is 327 g/mol. The second-order valence-corrected chi connectivity index (χ2v) is 6.51. The summed E-state index contributed by atoms with van der Waals surface area (Å²) in [5, 5.41) is 19.2. The van der Waals surface area contributed by atoms with Crippen LogP contribution in [0.5, 0.6) is 0 Å². The summed E-state index contributed by atoms with van der Waals surface area (Å²) in [6.07, 6.45) is -2.72. The van der Waals surface area contributed by atoms with Gasteiger partial charge < -0.3 is 10.0 Å². The molecule has 124 valence electrons. The normalized spacial score (nSPS) is 20.0. The van der Waals surface area contributed by atoms with Crippen LogP contribution in [0.4, 0.5) is 19.0 Å². The molecule has 8 heteroatoms. The number of alkyl halides is 3. The minimum Gasteiger partial charge on any atom is -0.387 e. The first-order chi connectivity index (χ1) is 10.9. The highest BCUT2D eigenvalue weighted by Crippen LogP contribution is 2.33. The molecule has 4 nitrogen and oxygen atoms in total. The molecule has 0 saturated carbocycles. The van der Waals surface area contributed by atoms with Crippen molar-refractivity contribution in [3.63, 3.8) is 0 Å². The molecule has 2 unspecified atom stereocenters. The largest absolute Gasteiger partial charge is 0.435 e. The Balaban J connectivity index is 1.71. The average molecular weight is 343 g/mol. The molecule has 0 spiro atoms. The van der Waals surface area contributed by atoms with E-state index in [0.29, 0.717) is 18.8 Å². The molecule has 2 aromatic rings. The summed E-state index contributed by atoms with van der Waals surface area (Å²) in [6.45, 7) is 0.710.